The average molecular weight is 290 g/mol. The Kier molecular flexibility index (Phi) is 4.85. The number of nitrogens with two attached hydrogens (primary N) is 1. The van der Waals surface area contributed by atoms with E-state index in [-0.39, 0.29) is 17.4 Å². The molecule has 1 aliphatic rings. The maximum absolute atomic E-state index is 12.3. The van der Waals surface area contributed by atoms with Crippen LogP contribution in [0, 0.1) is 17.3 Å². The van der Waals surface area contributed by atoms with Gasteiger partial charge >= 0.3 is 0 Å². The van der Waals surface area contributed by atoms with Gasteiger partial charge in [0.2, 0.25) is 0 Å². The van der Waals surface area contributed by atoms with Gasteiger partial charge in [-0.2, -0.15) is 0 Å². The summed E-state index contributed by atoms with van der Waals surface area (Å²) < 4.78 is 0. The van der Waals surface area contributed by atoms with E-state index in [2.05, 4.69) is 31.0 Å². The van der Waals surface area contributed by atoms with Crippen molar-refractivity contribution in [3.8, 4) is 11.8 Å². The molecule has 1 aliphatic carbocycles. The van der Waals surface area contributed by atoms with Crippen LogP contribution in [0.3, 0.4) is 0 Å². The van der Waals surface area contributed by atoms with E-state index in [1.54, 1.807) is 0 Å². The molecule has 20 heavy (non-hydrogen) atoms. The van der Waals surface area contributed by atoms with Gasteiger partial charge in [-0.05, 0) is 24.3 Å². The van der Waals surface area contributed by atoms with Crippen molar-refractivity contribution in [3.05, 3.63) is 21.9 Å². The lowest BCUT2D eigenvalue weighted by Gasteiger charge is -2.39. The van der Waals surface area contributed by atoms with Gasteiger partial charge in [0.05, 0.1) is 17.0 Å². The molecule has 0 saturated heterocycles. The molecule has 1 aromatic rings. The van der Waals surface area contributed by atoms with Crippen LogP contribution in [0.1, 0.15) is 54.8 Å². The van der Waals surface area contributed by atoms with Crippen LogP contribution in [0.5, 0.6) is 0 Å². The molecule has 1 atom stereocenters. The van der Waals surface area contributed by atoms with Gasteiger partial charge in [0.1, 0.15) is 0 Å². The molecule has 1 saturated carbocycles. The minimum absolute atomic E-state index is 0.0158. The second kappa shape index (κ2) is 6.43. The second-order valence-electron chi connectivity index (χ2n) is 5.97. The molecule has 1 heterocycles. The van der Waals surface area contributed by atoms with Crippen molar-refractivity contribution in [2.75, 3.05) is 6.54 Å². The lowest BCUT2D eigenvalue weighted by atomic mass is 9.73. The Hall–Kier alpha value is -1.31. The van der Waals surface area contributed by atoms with E-state index in [9.17, 15) is 4.79 Å². The number of thiophene rings is 1. The summed E-state index contributed by atoms with van der Waals surface area (Å²) in [5.41, 5.74) is 6.24. The van der Waals surface area contributed by atoms with E-state index in [1.807, 2.05) is 11.4 Å². The first-order valence-electron chi connectivity index (χ1n) is 7.11. The van der Waals surface area contributed by atoms with Crippen molar-refractivity contribution in [1.82, 2.24) is 5.32 Å². The minimum Gasteiger partial charge on any atom is -0.349 e. The van der Waals surface area contributed by atoms with E-state index in [4.69, 9.17) is 5.73 Å². The van der Waals surface area contributed by atoms with Gasteiger partial charge in [-0.15, -0.1) is 11.3 Å². The quantitative estimate of drug-likeness (QED) is 0.823. The van der Waals surface area contributed by atoms with Gasteiger partial charge in [-0.3, -0.25) is 4.79 Å². The zero-order chi connectivity index (χ0) is 14.6. The molecule has 0 spiro atoms. The molecule has 0 aliphatic heterocycles. The molecule has 1 fully saturated rings. The van der Waals surface area contributed by atoms with Crippen LogP contribution in [0.15, 0.2) is 11.4 Å². The normalized spacial score (nSPS) is 20.9. The summed E-state index contributed by atoms with van der Waals surface area (Å²) in [7, 11) is 0. The van der Waals surface area contributed by atoms with Crippen LogP contribution in [0.2, 0.25) is 0 Å². The van der Waals surface area contributed by atoms with E-state index in [0.29, 0.717) is 12.1 Å². The first-order chi connectivity index (χ1) is 9.53. The summed E-state index contributed by atoms with van der Waals surface area (Å²) in [4.78, 5) is 13.2. The zero-order valence-corrected chi connectivity index (χ0v) is 13.0. The van der Waals surface area contributed by atoms with Crippen molar-refractivity contribution < 1.29 is 4.79 Å². The maximum Gasteiger partial charge on any atom is 0.252 e. The Morgan fingerprint density at radius 2 is 2.35 bits per heavy atom. The molecular weight excluding hydrogens is 268 g/mol. The van der Waals surface area contributed by atoms with Crippen LogP contribution in [0.4, 0.5) is 0 Å². The molecule has 1 aromatic heterocycles. The average Bonchev–Trinajstić information content (AvgIpc) is 2.87. The molecule has 0 aromatic carbocycles. The highest BCUT2D eigenvalue weighted by atomic mass is 32.1. The monoisotopic (exact) mass is 290 g/mol. The number of amides is 1. The van der Waals surface area contributed by atoms with Crippen LogP contribution in [0.25, 0.3) is 0 Å². The number of carbonyl (C=O) groups is 1. The van der Waals surface area contributed by atoms with Gasteiger partial charge in [0, 0.05) is 11.4 Å². The predicted octanol–water partition coefficient (Wildman–Crippen LogP) is 2.76. The number of rotatable bonds is 2. The SMILES string of the molecule is CC1(C)CCCCC1NC(=O)c1csc(C#CCN)c1. The predicted molar refractivity (Wildman–Crippen MR) is 83.8 cm³/mol. The summed E-state index contributed by atoms with van der Waals surface area (Å²) in [6, 6.07) is 2.11. The topological polar surface area (TPSA) is 55.1 Å². The van der Waals surface area contributed by atoms with Gasteiger partial charge < -0.3 is 11.1 Å². The lowest BCUT2D eigenvalue weighted by molar-refractivity contribution is 0.0854. The fraction of sp³-hybridized carbons (Fsp3) is 0.562. The minimum atomic E-state index is 0.0158. The Balaban J connectivity index is 2.02. The van der Waals surface area contributed by atoms with E-state index in [1.165, 1.54) is 30.6 Å². The Morgan fingerprint density at radius 3 is 3.05 bits per heavy atom. The molecular formula is C16H22N2OS. The van der Waals surface area contributed by atoms with E-state index in [0.717, 1.165) is 11.3 Å². The van der Waals surface area contributed by atoms with Gasteiger partial charge in [0.25, 0.3) is 5.91 Å². The van der Waals surface area contributed by atoms with Crippen molar-refractivity contribution >= 4 is 17.2 Å². The number of hydrogen-bond donors (Lipinski definition) is 2. The van der Waals surface area contributed by atoms with Crippen LogP contribution < -0.4 is 11.1 Å². The highest BCUT2D eigenvalue weighted by Gasteiger charge is 2.33. The molecule has 0 bridgehead atoms. The molecule has 2 rings (SSSR count). The lowest BCUT2D eigenvalue weighted by Crippen LogP contribution is -2.46. The highest BCUT2D eigenvalue weighted by molar-refractivity contribution is 7.10. The fourth-order valence-electron chi connectivity index (χ4n) is 2.66. The Morgan fingerprint density at radius 1 is 1.55 bits per heavy atom. The molecule has 0 radical (unpaired) electrons. The van der Waals surface area contributed by atoms with Crippen molar-refractivity contribution in [2.24, 2.45) is 11.1 Å². The van der Waals surface area contributed by atoms with Crippen molar-refractivity contribution in [2.45, 2.75) is 45.6 Å². The summed E-state index contributed by atoms with van der Waals surface area (Å²) in [5, 5.41) is 5.06. The van der Waals surface area contributed by atoms with Gasteiger partial charge in [-0.1, -0.05) is 38.5 Å². The third-order valence-corrected chi connectivity index (χ3v) is 4.83. The van der Waals surface area contributed by atoms with E-state index >= 15 is 0 Å². The molecule has 4 heteroatoms. The Labute approximate surface area is 124 Å². The maximum atomic E-state index is 12.3. The number of hydrogen-bond acceptors (Lipinski definition) is 3. The van der Waals surface area contributed by atoms with Crippen LogP contribution in [-0.4, -0.2) is 18.5 Å². The third-order valence-electron chi connectivity index (χ3n) is 3.99. The highest BCUT2D eigenvalue weighted by Crippen LogP contribution is 2.35. The van der Waals surface area contributed by atoms with Gasteiger partial charge in [0.15, 0.2) is 0 Å². The summed E-state index contributed by atoms with van der Waals surface area (Å²) >= 11 is 1.49. The Bertz CT molecular complexity index is 536. The largest absolute Gasteiger partial charge is 0.349 e. The van der Waals surface area contributed by atoms with Crippen LogP contribution >= 0.6 is 11.3 Å². The van der Waals surface area contributed by atoms with Crippen LogP contribution in [-0.2, 0) is 0 Å². The third kappa shape index (κ3) is 3.62. The molecule has 1 amide bonds. The molecule has 3 N–H and O–H groups in total. The van der Waals surface area contributed by atoms with Crippen molar-refractivity contribution in [1.29, 1.82) is 0 Å². The second-order valence-corrected chi connectivity index (χ2v) is 6.88. The zero-order valence-electron chi connectivity index (χ0n) is 12.2. The fourth-order valence-corrected chi connectivity index (χ4v) is 3.42. The number of nitrogens with one attached hydrogen (secondary N) is 1. The summed E-state index contributed by atoms with van der Waals surface area (Å²) in [5.74, 6) is 5.79. The summed E-state index contributed by atoms with van der Waals surface area (Å²) in [6.07, 6.45) is 4.71. The first kappa shape index (κ1) is 15.1. The first-order valence-corrected chi connectivity index (χ1v) is 7.99. The van der Waals surface area contributed by atoms with Crippen molar-refractivity contribution in [3.63, 3.8) is 0 Å². The molecule has 3 nitrogen and oxygen atoms in total. The smallest absolute Gasteiger partial charge is 0.252 e. The number of carbonyl (C=O) groups excluding carboxylic acids is 1. The molecule has 108 valence electrons. The van der Waals surface area contributed by atoms with Gasteiger partial charge in [-0.25, -0.2) is 0 Å². The standard InChI is InChI=1S/C16H22N2OS/c1-16(2)8-4-3-7-14(16)18-15(19)12-10-13(20-11-12)6-5-9-17/h10-11,14H,3-4,7-9,17H2,1-2H3,(H,18,19). The van der Waals surface area contributed by atoms with E-state index < -0.39 is 0 Å². The summed E-state index contributed by atoms with van der Waals surface area (Å²) in [6.45, 7) is 4.82. The molecule has 1 unspecified atom stereocenters.